The van der Waals surface area contributed by atoms with Gasteiger partial charge in [0.05, 0.1) is 6.10 Å². The molecule has 2 aromatic carbocycles. The summed E-state index contributed by atoms with van der Waals surface area (Å²) in [6, 6.07) is 18.2. The van der Waals surface area contributed by atoms with Crippen molar-refractivity contribution in [2.45, 2.75) is 80.5 Å². The SMILES string of the molecule is CCCCN1C(=O)[C@@H]([C@H](O)C(C)C)NC(=O)C12CCN(Cc1ccc(Sc3ccccc3)cc1)CC2. The maximum atomic E-state index is 13.5. The number of likely N-dealkylation sites (tertiary alicyclic amines) is 1. The second-order valence-electron chi connectivity index (χ2n) is 10.4. The minimum Gasteiger partial charge on any atom is -0.390 e. The Balaban J connectivity index is 1.40. The van der Waals surface area contributed by atoms with Crippen LogP contribution in [-0.4, -0.2) is 64.0 Å². The summed E-state index contributed by atoms with van der Waals surface area (Å²) < 4.78 is 0. The second-order valence-corrected chi connectivity index (χ2v) is 11.5. The first-order chi connectivity index (χ1) is 17.3. The predicted molar refractivity (Wildman–Crippen MR) is 144 cm³/mol. The third kappa shape index (κ3) is 5.79. The number of nitrogens with one attached hydrogen (secondary N) is 1. The average Bonchev–Trinajstić information content (AvgIpc) is 2.89. The minimum atomic E-state index is -0.883. The van der Waals surface area contributed by atoms with Gasteiger partial charge in [0, 0.05) is 36.0 Å². The summed E-state index contributed by atoms with van der Waals surface area (Å²) in [6.45, 7) is 8.72. The van der Waals surface area contributed by atoms with Gasteiger partial charge in [-0.2, -0.15) is 0 Å². The predicted octanol–water partition coefficient (Wildman–Crippen LogP) is 4.32. The highest BCUT2D eigenvalue weighted by Crippen LogP contribution is 2.35. The summed E-state index contributed by atoms with van der Waals surface area (Å²) >= 11 is 1.75. The van der Waals surface area contributed by atoms with Gasteiger partial charge in [0.15, 0.2) is 0 Å². The first-order valence-corrected chi connectivity index (χ1v) is 14.0. The maximum absolute atomic E-state index is 13.5. The molecule has 0 saturated carbocycles. The Morgan fingerprint density at radius 2 is 1.67 bits per heavy atom. The molecule has 0 unspecified atom stereocenters. The molecule has 2 amide bonds. The zero-order valence-electron chi connectivity index (χ0n) is 21.7. The van der Waals surface area contributed by atoms with E-state index in [0.717, 1.165) is 32.5 Å². The highest BCUT2D eigenvalue weighted by atomic mass is 32.2. The second kappa shape index (κ2) is 11.8. The van der Waals surface area contributed by atoms with Crippen LogP contribution in [0.1, 0.15) is 52.0 Å². The molecular formula is C29H39N3O3S. The van der Waals surface area contributed by atoms with Crippen molar-refractivity contribution < 1.29 is 14.7 Å². The van der Waals surface area contributed by atoms with Gasteiger partial charge in [-0.15, -0.1) is 0 Å². The Labute approximate surface area is 219 Å². The number of hydrogen-bond acceptors (Lipinski definition) is 5. The minimum absolute atomic E-state index is 0.107. The molecule has 0 radical (unpaired) electrons. The Bertz CT molecular complexity index is 1020. The number of amides is 2. The standard InChI is InChI=1S/C29H39N3O3S/c1-4-5-17-32-27(34)25(26(33)21(2)3)30-28(35)29(32)15-18-31(19-16-29)20-22-11-13-24(14-12-22)36-23-9-7-6-8-10-23/h6-14,21,25-26,33H,4-5,15-20H2,1-3H3,(H,30,35)/t25-,26-/m1/s1. The molecule has 1 spiro atoms. The van der Waals surface area contributed by atoms with Crippen molar-refractivity contribution in [3.8, 4) is 0 Å². The lowest BCUT2D eigenvalue weighted by atomic mass is 9.80. The van der Waals surface area contributed by atoms with Crippen LogP contribution in [0.15, 0.2) is 64.4 Å². The van der Waals surface area contributed by atoms with Crippen molar-refractivity contribution in [1.29, 1.82) is 0 Å². The fourth-order valence-corrected chi connectivity index (χ4v) is 6.06. The maximum Gasteiger partial charge on any atom is 0.248 e. The summed E-state index contributed by atoms with van der Waals surface area (Å²) in [5.74, 6) is -0.352. The molecule has 2 N–H and O–H groups in total. The molecular weight excluding hydrogens is 470 g/mol. The van der Waals surface area contributed by atoms with Gasteiger partial charge >= 0.3 is 0 Å². The first-order valence-electron chi connectivity index (χ1n) is 13.2. The fourth-order valence-electron chi connectivity index (χ4n) is 5.22. The Hall–Kier alpha value is -2.35. The normalized spacial score (nSPS) is 21.1. The van der Waals surface area contributed by atoms with Crippen LogP contribution in [0.4, 0.5) is 0 Å². The zero-order valence-corrected chi connectivity index (χ0v) is 22.5. The molecule has 2 heterocycles. The Morgan fingerprint density at radius 1 is 1.03 bits per heavy atom. The van der Waals surface area contributed by atoms with Crippen molar-refractivity contribution >= 4 is 23.6 Å². The smallest absolute Gasteiger partial charge is 0.248 e. The van der Waals surface area contributed by atoms with Gasteiger partial charge < -0.3 is 15.3 Å². The number of piperazine rings is 1. The number of aliphatic hydroxyl groups is 1. The van der Waals surface area contributed by atoms with E-state index in [9.17, 15) is 14.7 Å². The van der Waals surface area contributed by atoms with Crippen LogP contribution in [0.25, 0.3) is 0 Å². The van der Waals surface area contributed by atoms with E-state index < -0.39 is 17.7 Å². The highest BCUT2D eigenvalue weighted by molar-refractivity contribution is 7.99. The molecule has 2 aliphatic rings. The summed E-state index contributed by atoms with van der Waals surface area (Å²) in [7, 11) is 0. The molecule has 36 heavy (non-hydrogen) atoms. The van der Waals surface area contributed by atoms with E-state index in [1.807, 2.05) is 19.9 Å². The third-order valence-corrected chi connectivity index (χ3v) is 8.53. The van der Waals surface area contributed by atoms with Crippen molar-refractivity contribution in [3.05, 3.63) is 60.2 Å². The quantitative estimate of drug-likeness (QED) is 0.527. The number of aliphatic hydroxyl groups excluding tert-OH is 1. The van der Waals surface area contributed by atoms with Crippen molar-refractivity contribution in [3.63, 3.8) is 0 Å². The molecule has 4 rings (SSSR count). The lowest BCUT2D eigenvalue weighted by Crippen LogP contribution is -2.74. The van der Waals surface area contributed by atoms with Crippen molar-refractivity contribution in [2.24, 2.45) is 5.92 Å². The summed E-state index contributed by atoms with van der Waals surface area (Å²) in [5.41, 5.74) is 0.432. The number of piperidine rings is 1. The number of nitrogens with zero attached hydrogens (tertiary/aromatic N) is 2. The number of hydrogen-bond donors (Lipinski definition) is 2. The van der Waals surface area contributed by atoms with Crippen LogP contribution in [0, 0.1) is 5.92 Å². The van der Waals surface area contributed by atoms with Gasteiger partial charge in [-0.3, -0.25) is 14.5 Å². The molecule has 6 nitrogen and oxygen atoms in total. The number of unbranched alkanes of at least 4 members (excludes halogenated alkanes) is 1. The molecule has 2 atom stereocenters. The molecule has 0 aliphatic carbocycles. The van der Waals surface area contributed by atoms with E-state index in [2.05, 4.69) is 65.7 Å². The van der Waals surface area contributed by atoms with Crippen LogP contribution in [-0.2, 0) is 16.1 Å². The van der Waals surface area contributed by atoms with Crippen molar-refractivity contribution in [2.75, 3.05) is 19.6 Å². The topological polar surface area (TPSA) is 72.9 Å². The van der Waals surface area contributed by atoms with E-state index in [1.54, 1.807) is 16.7 Å². The molecule has 2 fully saturated rings. The molecule has 7 heteroatoms. The largest absolute Gasteiger partial charge is 0.390 e. The molecule has 194 valence electrons. The monoisotopic (exact) mass is 509 g/mol. The lowest BCUT2D eigenvalue weighted by molar-refractivity contribution is -0.165. The van der Waals surface area contributed by atoms with Crippen LogP contribution in [0.2, 0.25) is 0 Å². The Morgan fingerprint density at radius 3 is 2.28 bits per heavy atom. The summed E-state index contributed by atoms with van der Waals surface area (Å²) in [4.78, 5) is 33.5. The average molecular weight is 510 g/mol. The van der Waals surface area contributed by atoms with Gasteiger partial charge in [-0.05, 0) is 55.0 Å². The van der Waals surface area contributed by atoms with Crippen LogP contribution < -0.4 is 5.32 Å². The highest BCUT2D eigenvalue weighted by Gasteiger charge is 2.54. The van der Waals surface area contributed by atoms with Gasteiger partial charge in [0.1, 0.15) is 11.6 Å². The summed E-state index contributed by atoms with van der Waals surface area (Å²) in [5, 5.41) is 13.5. The number of carbonyl (C=O) groups is 2. The summed E-state index contributed by atoms with van der Waals surface area (Å²) in [6.07, 6.45) is 2.14. The molecule has 2 saturated heterocycles. The van der Waals surface area contributed by atoms with E-state index in [0.29, 0.717) is 19.4 Å². The molecule has 2 aromatic rings. The van der Waals surface area contributed by atoms with Crippen molar-refractivity contribution in [1.82, 2.24) is 15.1 Å². The lowest BCUT2D eigenvalue weighted by Gasteiger charge is -2.52. The van der Waals surface area contributed by atoms with E-state index in [1.165, 1.54) is 15.4 Å². The van der Waals surface area contributed by atoms with Crippen LogP contribution >= 0.6 is 11.8 Å². The number of carbonyl (C=O) groups excluding carboxylic acids is 2. The molecule has 0 bridgehead atoms. The van der Waals surface area contributed by atoms with E-state index in [-0.39, 0.29) is 17.7 Å². The van der Waals surface area contributed by atoms with Crippen LogP contribution in [0.5, 0.6) is 0 Å². The van der Waals surface area contributed by atoms with E-state index >= 15 is 0 Å². The molecule has 2 aliphatic heterocycles. The Kier molecular flexibility index (Phi) is 8.75. The van der Waals surface area contributed by atoms with Gasteiger partial charge in [0.2, 0.25) is 11.8 Å². The third-order valence-electron chi connectivity index (χ3n) is 7.51. The fraction of sp³-hybridized carbons (Fsp3) is 0.517. The van der Waals surface area contributed by atoms with Crippen LogP contribution in [0.3, 0.4) is 0 Å². The number of benzene rings is 2. The van der Waals surface area contributed by atoms with E-state index in [4.69, 9.17) is 0 Å². The first kappa shape index (κ1) is 26.7. The van der Waals surface area contributed by atoms with Gasteiger partial charge in [0.25, 0.3) is 0 Å². The zero-order chi connectivity index (χ0) is 25.7. The molecule has 0 aromatic heterocycles. The van der Waals surface area contributed by atoms with Gasteiger partial charge in [-0.25, -0.2) is 0 Å². The number of rotatable bonds is 9. The van der Waals surface area contributed by atoms with Gasteiger partial charge in [-0.1, -0.05) is 69.3 Å².